The molecule has 0 saturated heterocycles. The molecule has 3 aromatic rings. The number of aromatic nitrogens is 2. The predicted octanol–water partition coefficient (Wildman–Crippen LogP) is 3.96. The Kier molecular flexibility index (Phi) is 4.97. The van der Waals surface area contributed by atoms with Crippen molar-refractivity contribution >= 4 is 11.0 Å². The number of hydrogen-bond acceptors (Lipinski definition) is 3. The number of nitrogens with zero attached hydrogens (tertiary/aromatic N) is 2. The molecular weight excluding hydrogens is 298 g/mol. The van der Waals surface area contributed by atoms with Crippen molar-refractivity contribution in [3.63, 3.8) is 0 Å². The Morgan fingerprint density at radius 1 is 1.08 bits per heavy atom. The van der Waals surface area contributed by atoms with E-state index in [4.69, 9.17) is 4.98 Å². The number of benzene rings is 2. The zero-order valence-electron chi connectivity index (χ0n) is 14.5. The summed E-state index contributed by atoms with van der Waals surface area (Å²) in [5, 5.41) is 13.0. The highest BCUT2D eigenvalue weighted by Gasteiger charge is 2.18. The number of imidazole rings is 1. The van der Waals surface area contributed by atoms with Gasteiger partial charge in [0.15, 0.2) is 0 Å². The largest absolute Gasteiger partial charge is 0.392 e. The molecule has 2 aromatic carbocycles. The summed E-state index contributed by atoms with van der Waals surface area (Å²) in [6.45, 7) is 7.42. The minimum atomic E-state index is 0.0712. The minimum absolute atomic E-state index is 0.0712. The summed E-state index contributed by atoms with van der Waals surface area (Å²) >= 11 is 0. The lowest BCUT2D eigenvalue weighted by atomic mass is 10.0. The fourth-order valence-electron chi connectivity index (χ4n) is 3.26. The van der Waals surface area contributed by atoms with E-state index in [-0.39, 0.29) is 18.7 Å². The van der Waals surface area contributed by atoms with E-state index >= 15 is 0 Å². The molecule has 3 rings (SSSR count). The van der Waals surface area contributed by atoms with Gasteiger partial charge in [-0.1, -0.05) is 36.4 Å². The van der Waals surface area contributed by atoms with Crippen LogP contribution in [-0.2, 0) is 13.2 Å². The van der Waals surface area contributed by atoms with E-state index in [1.165, 1.54) is 11.1 Å². The van der Waals surface area contributed by atoms with Gasteiger partial charge in [-0.3, -0.25) is 0 Å². The maximum absolute atomic E-state index is 9.32. The first-order valence-corrected chi connectivity index (χ1v) is 8.55. The van der Waals surface area contributed by atoms with Gasteiger partial charge in [0.05, 0.1) is 23.7 Å². The average molecular weight is 323 g/mol. The molecule has 0 radical (unpaired) electrons. The summed E-state index contributed by atoms with van der Waals surface area (Å²) in [7, 11) is 0. The quantitative estimate of drug-likeness (QED) is 0.722. The van der Waals surface area contributed by atoms with Crippen LogP contribution in [0.2, 0.25) is 0 Å². The van der Waals surface area contributed by atoms with Crippen molar-refractivity contribution in [3.8, 4) is 0 Å². The maximum atomic E-state index is 9.32. The van der Waals surface area contributed by atoms with Gasteiger partial charge in [-0.25, -0.2) is 4.98 Å². The van der Waals surface area contributed by atoms with Crippen molar-refractivity contribution in [2.45, 2.75) is 46.0 Å². The van der Waals surface area contributed by atoms with Crippen molar-refractivity contribution in [1.82, 2.24) is 14.9 Å². The van der Waals surface area contributed by atoms with Gasteiger partial charge < -0.3 is 15.0 Å². The molecule has 0 fully saturated rings. The molecule has 0 aliphatic rings. The van der Waals surface area contributed by atoms with Gasteiger partial charge >= 0.3 is 0 Å². The van der Waals surface area contributed by atoms with E-state index in [1.807, 2.05) is 24.3 Å². The molecule has 0 aliphatic heterocycles. The zero-order valence-corrected chi connectivity index (χ0v) is 14.5. The fraction of sp³-hybridized carbons (Fsp3) is 0.350. The Morgan fingerprint density at radius 3 is 2.62 bits per heavy atom. The normalized spacial score (nSPS) is 14.0. The third kappa shape index (κ3) is 3.21. The number of aliphatic hydroxyl groups is 1. The monoisotopic (exact) mass is 323 g/mol. The van der Waals surface area contributed by atoms with Crippen LogP contribution in [0.4, 0.5) is 0 Å². The third-order valence-electron chi connectivity index (χ3n) is 4.52. The van der Waals surface area contributed by atoms with Gasteiger partial charge in [0.25, 0.3) is 0 Å². The average Bonchev–Trinajstić information content (AvgIpc) is 3.00. The van der Waals surface area contributed by atoms with Gasteiger partial charge in [0, 0.05) is 12.6 Å². The van der Waals surface area contributed by atoms with Crippen LogP contribution in [0.5, 0.6) is 0 Å². The Morgan fingerprint density at radius 2 is 1.88 bits per heavy atom. The van der Waals surface area contributed by atoms with Crippen molar-refractivity contribution in [2.24, 2.45) is 0 Å². The summed E-state index contributed by atoms with van der Waals surface area (Å²) in [5.74, 6) is 1.06. The van der Waals surface area contributed by atoms with Gasteiger partial charge in [-0.05, 0) is 44.0 Å². The van der Waals surface area contributed by atoms with Crippen LogP contribution in [-0.4, -0.2) is 14.7 Å². The first-order valence-electron chi connectivity index (χ1n) is 8.55. The Hall–Kier alpha value is -2.17. The molecule has 0 saturated carbocycles. The second-order valence-corrected chi connectivity index (χ2v) is 6.22. The number of aliphatic hydroxyl groups excluding tert-OH is 1. The van der Waals surface area contributed by atoms with Crippen LogP contribution >= 0.6 is 0 Å². The molecule has 0 aliphatic carbocycles. The van der Waals surface area contributed by atoms with Crippen LogP contribution in [0, 0.1) is 0 Å². The maximum Gasteiger partial charge on any atom is 0.126 e. The topological polar surface area (TPSA) is 50.1 Å². The number of para-hydroxylation sites is 2. The van der Waals surface area contributed by atoms with Crippen LogP contribution < -0.4 is 5.32 Å². The fourth-order valence-corrected chi connectivity index (χ4v) is 3.26. The highest BCUT2D eigenvalue weighted by atomic mass is 16.3. The van der Waals surface area contributed by atoms with Crippen molar-refractivity contribution in [3.05, 3.63) is 65.5 Å². The SMILES string of the molecule is CCn1c(C(C)NC(C)c2cccc(CO)c2)nc2ccccc21. The van der Waals surface area contributed by atoms with Gasteiger partial charge in [-0.15, -0.1) is 0 Å². The first-order chi connectivity index (χ1) is 11.6. The lowest BCUT2D eigenvalue weighted by molar-refractivity contribution is 0.281. The molecule has 1 aromatic heterocycles. The molecule has 0 bridgehead atoms. The Balaban J connectivity index is 1.85. The third-order valence-corrected chi connectivity index (χ3v) is 4.52. The van der Waals surface area contributed by atoms with Crippen molar-refractivity contribution < 1.29 is 5.11 Å². The highest BCUT2D eigenvalue weighted by Crippen LogP contribution is 2.23. The van der Waals surface area contributed by atoms with Crippen LogP contribution in [0.15, 0.2) is 48.5 Å². The van der Waals surface area contributed by atoms with Gasteiger partial charge in [0.1, 0.15) is 5.82 Å². The molecular formula is C20H25N3O. The summed E-state index contributed by atoms with van der Waals surface area (Å²) in [6, 6.07) is 16.6. The van der Waals surface area contributed by atoms with E-state index in [0.29, 0.717) is 0 Å². The second-order valence-electron chi connectivity index (χ2n) is 6.22. The highest BCUT2D eigenvalue weighted by molar-refractivity contribution is 5.76. The van der Waals surface area contributed by atoms with E-state index < -0.39 is 0 Å². The molecule has 4 nitrogen and oxygen atoms in total. The number of hydrogen-bond donors (Lipinski definition) is 2. The summed E-state index contributed by atoms with van der Waals surface area (Å²) in [4.78, 5) is 4.82. The Bertz CT molecular complexity index is 825. The molecule has 0 spiro atoms. The van der Waals surface area contributed by atoms with Crippen LogP contribution in [0.1, 0.15) is 49.8 Å². The summed E-state index contributed by atoms with van der Waals surface area (Å²) in [5.41, 5.74) is 4.33. The summed E-state index contributed by atoms with van der Waals surface area (Å²) < 4.78 is 2.27. The number of rotatable bonds is 6. The predicted molar refractivity (Wildman–Crippen MR) is 97.7 cm³/mol. The zero-order chi connectivity index (χ0) is 17.1. The summed E-state index contributed by atoms with van der Waals surface area (Å²) in [6.07, 6.45) is 0. The lowest BCUT2D eigenvalue weighted by Crippen LogP contribution is -2.25. The molecule has 126 valence electrons. The van der Waals surface area contributed by atoms with Gasteiger partial charge in [0.2, 0.25) is 0 Å². The minimum Gasteiger partial charge on any atom is -0.392 e. The molecule has 2 unspecified atom stereocenters. The first kappa shape index (κ1) is 16.7. The Labute approximate surface area is 143 Å². The smallest absolute Gasteiger partial charge is 0.126 e. The van der Waals surface area contributed by atoms with E-state index in [1.54, 1.807) is 0 Å². The van der Waals surface area contributed by atoms with Crippen LogP contribution in [0.3, 0.4) is 0 Å². The number of aryl methyl sites for hydroxylation is 1. The van der Waals surface area contributed by atoms with E-state index in [2.05, 4.69) is 54.9 Å². The van der Waals surface area contributed by atoms with Crippen molar-refractivity contribution in [1.29, 1.82) is 0 Å². The molecule has 24 heavy (non-hydrogen) atoms. The van der Waals surface area contributed by atoms with Gasteiger partial charge in [-0.2, -0.15) is 0 Å². The lowest BCUT2D eigenvalue weighted by Gasteiger charge is -2.21. The number of nitrogens with one attached hydrogen (secondary N) is 1. The molecule has 4 heteroatoms. The van der Waals surface area contributed by atoms with E-state index in [9.17, 15) is 5.11 Å². The number of fused-ring (bicyclic) bond motifs is 1. The molecule has 1 heterocycles. The molecule has 2 N–H and O–H groups in total. The van der Waals surface area contributed by atoms with Crippen molar-refractivity contribution in [2.75, 3.05) is 0 Å². The van der Waals surface area contributed by atoms with Crippen LogP contribution in [0.25, 0.3) is 11.0 Å². The molecule has 0 amide bonds. The van der Waals surface area contributed by atoms with E-state index in [0.717, 1.165) is 23.4 Å². The standard InChI is InChI=1S/C20H25N3O/c1-4-23-19-11-6-5-10-18(19)22-20(23)15(3)21-14(2)17-9-7-8-16(12-17)13-24/h5-12,14-15,21,24H,4,13H2,1-3H3. The molecule has 2 atom stereocenters. The second kappa shape index (κ2) is 7.16.